The SMILES string of the molecule is COCCCS(=O)(=O)c1ccc(/C(=N\O[C@@H]2CCOC2)C(=O)Nc2nc3ccc(N4CCNCC4)nc3s2)cc1. The van der Waals surface area contributed by atoms with Crippen LogP contribution in [0.5, 0.6) is 0 Å². The minimum Gasteiger partial charge on any atom is -0.389 e. The number of oxime groups is 1. The number of nitrogens with one attached hydrogen (secondary N) is 2. The molecule has 2 aromatic heterocycles. The molecule has 0 bridgehead atoms. The Bertz CT molecular complexity index is 1450. The van der Waals surface area contributed by atoms with Gasteiger partial charge in [-0.1, -0.05) is 28.6 Å². The molecule has 5 rings (SSSR count). The molecule has 1 amide bonds. The van der Waals surface area contributed by atoms with Crippen LogP contribution >= 0.6 is 11.3 Å². The molecule has 4 heterocycles. The van der Waals surface area contributed by atoms with E-state index < -0.39 is 15.7 Å². The molecule has 214 valence electrons. The van der Waals surface area contributed by atoms with E-state index in [4.69, 9.17) is 19.3 Å². The van der Waals surface area contributed by atoms with Crippen LogP contribution in [-0.4, -0.2) is 95.0 Å². The highest BCUT2D eigenvalue weighted by Crippen LogP contribution is 2.27. The number of ether oxygens (including phenoxy) is 2. The Morgan fingerprint density at radius 1 is 1.20 bits per heavy atom. The van der Waals surface area contributed by atoms with Crippen LogP contribution in [0.25, 0.3) is 10.3 Å². The highest BCUT2D eigenvalue weighted by Gasteiger charge is 2.23. The number of thiazole rings is 1. The third-order valence-corrected chi connectivity index (χ3v) is 9.24. The summed E-state index contributed by atoms with van der Waals surface area (Å²) in [6.07, 6.45) is 0.787. The number of fused-ring (bicyclic) bond motifs is 1. The third-order valence-electron chi connectivity index (χ3n) is 6.55. The minimum atomic E-state index is -3.49. The number of hydrogen-bond acceptors (Lipinski definition) is 12. The summed E-state index contributed by atoms with van der Waals surface area (Å²) in [5.41, 5.74) is 1.09. The highest BCUT2D eigenvalue weighted by atomic mass is 32.2. The van der Waals surface area contributed by atoms with E-state index in [1.165, 1.54) is 30.6 Å². The van der Waals surface area contributed by atoms with Gasteiger partial charge in [-0.3, -0.25) is 10.1 Å². The molecule has 0 spiro atoms. The Kier molecular flexibility index (Phi) is 9.22. The van der Waals surface area contributed by atoms with Crippen molar-refractivity contribution in [2.24, 2.45) is 5.16 Å². The fourth-order valence-corrected chi connectivity index (χ4v) is 6.48. The van der Waals surface area contributed by atoms with E-state index >= 15 is 0 Å². The molecule has 2 aliphatic rings. The van der Waals surface area contributed by atoms with Gasteiger partial charge in [-0.15, -0.1) is 0 Å². The van der Waals surface area contributed by atoms with Gasteiger partial charge in [0.05, 0.1) is 23.9 Å². The smallest absolute Gasteiger partial charge is 0.280 e. The normalized spacial score (nSPS) is 18.3. The largest absolute Gasteiger partial charge is 0.389 e. The van der Waals surface area contributed by atoms with Gasteiger partial charge >= 0.3 is 0 Å². The van der Waals surface area contributed by atoms with Gasteiger partial charge in [0, 0.05) is 51.9 Å². The zero-order valence-corrected chi connectivity index (χ0v) is 23.8. The lowest BCUT2D eigenvalue weighted by Gasteiger charge is -2.28. The number of nitrogens with zero attached hydrogens (tertiary/aromatic N) is 4. The molecule has 0 aliphatic carbocycles. The van der Waals surface area contributed by atoms with Crippen LogP contribution in [0.3, 0.4) is 0 Å². The highest BCUT2D eigenvalue weighted by molar-refractivity contribution is 7.91. The summed E-state index contributed by atoms with van der Waals surface area (Å²) in [4.78, 5) is 31.4. The maximum Gasteiger partial charge on any atom is 0.280 e. The van der Waals surface area contributed by atoms with Crippen molar-refractivity contribution in [3.05, 3.63) is 42.0 Å². The van der Waals surface area contributed by atoms with Crippen LogP contribution in [0.4, 0.5) is 10.9 Å². The van der Waals surface area contributed by atoms with E-state index in [-0.39, 0.29) is 22.5 Å². The molecule has 1 aromatic carbocycles. The minimum absolute atomic E-state index is 0.00366. The van der Waals surface area contributed by atoms with Crippen molar-refractivity contribution in [2.75, 3.05) is 69.1 Å². The number of amides is 1. The molecule has 40 heavy (non-hydrogen) atoms. The van der Waals surface area contributed by atoms with Crippen LogP contribution in [0.15, 0.2) is 46.4 Å². The van der Waals surface area contributed by atoms with Gasteiger partial charge in [-0.2, -0.15) is 0 Å². The van der Waals surface area contributed by atoms with Crippen molar-refractivity contribution in [3.63, 3.8) is 0 Å². The predicted molar refractivity (Wildman–Crippen MR) is 153 cm³/mol. The number of carbonyl (C=O) groups is 1. The summed E-state index contributed by atoms with van der Waals surface area (Å²) in [6, 6.07) is 9.88. The number of rotatable bonds is 11. The number of carbonyl (C=O) groups excluding carboxylic acids is 1. The van der Waals surface area contributed by atoms with E-state index in [2.05, 4.69) is 25.7 Å². The van der Waals surface area contributed by atoms with Crippen molar-refractivity contribution in [1.29, 1.82) is 0 Å². The second kappa shape index (κ2) is 13.0. The number of aromatic nitrogens is 2. The van der Waals surface area contributed by atoms with Crippen molar-refractivity contribution in [3.8, 4) is 0 Å². The lowest BCUT2D eigenvalue weighted by atomic mass is 10.1. The summed E-state index contributed by atoms with van der Waals surface area (Å²) in [5, 5.41) is 10.7. The first-order valence-electron chi connectivity index (χ1n) is 13.1. The van der Waals surface area contributed by atoms with E-state index in [0.717, 1.165) is 32.0 Å². The van der Waals surface area contributed by atoms with Gasteiger partial charge in [0.1, 0.15) is 16.2 Å². The van der Waals surface area contributed by atoms with Crippen LogP contribution in [0.2, 0.25) is 0 Å². The summed E-state index contributed by atoms with van der Waals surface area (Å²) in [5.74, 6) is 0.312. The first-order chi connectivity index (χ1) is 19.4. The van der Waals surface area contributed by atoms with Gasteiger partial charge in [0.15, 0.2) is 26.8 Å². The number of hydrogen-bond donors (Lipinski definition) is 2. The van der Waals surface area contributed by atoms with Crippen molar-refractivity contribution >= 4 is 54.1 Å². The number of anilines is 2. The molecule has 2 aliphatic heterocycles. The number of piperazine rings is 1. The first-order valence-corrected chi connectivity index (χ1v) is 15.6. The number of benzene rings is 1. The summed E-state index contributed by atoms with van der Waals surface area (Å²) < 4.78 is 35.6. The molecule has 2 saturated heterocycles. The van der Waals surface area contributed by atoms with Gasteiger partial charge in [0.2, 0.25) is 0 Å². The lowest BCUT2D eigenvalue weighted by Crippen LogP contribution is -2.43. The Balaban J connectivity index is 1.35. The Morgan fingerprint density at radius 2 is 2.00 bits per heavy atom. The number of methoxy groups -OCH3 is 1. The molecule has 0 radical (unpaired) electrons. The molecule has 1 atom stereocenters. The van der Waals surface area contributed by atoms with Gasteiger partial charge in [0.25, 0.3) is 5.91 Å². The lowest BCUT2D eigenvalue weighted by molar-refractivity contribution is -0.110. The topological polar surface area (TPSA) is 144 Å². The second-order valence-corrected chi connectivity index (χ2v) is 12.5. The molecule has 2 fully saturated rings. The van der Waals surface area contributed by atoms with Crippen LogP contribution in [-0.2, 0) is 28.9 Å². The van der Waals surface area contributed by atoms with Crippen LogP contribution in [0, 0.1) is 0 Å². The second-order valence-electron chi connectivity index (χ2n) is 9.42. The standard InChI is InChI=1S/C26H32N6O6S2/c1-36-14-2-16-40(34,35)20-5-3-18(4-6-20)23(31-38-19-9-15-37-17-19)24(33)30-26-28-21-7-8-22(29-25(21)39-26)32-12-10-27-11-13-32/h3-8,19,27H,2,9-17H2,1H3,(H,28,30,33)/b31-23+/t19-/m1/s1. The summed E-state index contributed by atoms with van der Waals surface area (Å²) >= 11 is 1.27. The number of sulfone groups is 1. The summed E-state index contributed by atoms with van der Waals surface area (Å²) in [6.45, 7) is 4.86. The third kappa shape index (κ3) is 6.93. The fourth-order valence-electron chi connectivity index (χ4n) is 4.37. The van der Waals surface area contributed by atoms with E-state index in [1.807, 2.05) is 12.1 Å². The molecular formula is C26H32N6O6S2. The van der Waals surface area contributed by atoms with E-state index in [9.17, 15) is 13.2 Å². The fraction of sp³-hybridized carbons (Fsp3) is 0.462. The molecule has 0 saturated carbocycles. The van der Waals surface area contributed by atoms with Gasteiger partial charge < -0.3 is 24.5 Å². The van der Waals surface area contributed by atoms with E-state index in [0.29, 0.717) is 53.7 Å². The number of pyridine rings is 1. The predicted octanol–water partition coefficient (Wildman–Crippen LogP) is 2.06. The van der Waals surface area contributed by atoms with Crippen LogP contribution in [0.1, 0.15) is 18.4 Å². The quantitative estimate of drug-likeness (QED) is 0.194. The zero-order chi connectivity index (χ0) is 28.0. The average molecular weight is 589 g/mol. The maximum atomic E-state index is 13.4. The first kappa shape index (κ1) is 28.4. The van der Waals surface area contributed by atoms with Crippen molar-refractivity contribution in [2.45, 2.75) is 23.8 Å². The van der Waals surface area contributed by atoms with E-state index in [1.54, 1.807) is 12.1 Å². The summed E-state index contributed by atoms with van der Waals surface area (Å²) in [7, 11) is -1.96. The monoisotopic (exact) mass is 588 g/mol. The van der Waals surface area contributed by atoms with Crippen LogP contribution < -0.4 is 15.5 Å². The molecule has 0 unspecified atom stereocenters. The zero-order valence-electron chi connectivity index (χ0n) is 22.2. The maximum absolute atomic E-state index is 13.4. The molecule has 12 nitrogen and oxygen atoms in total. The Labute approximate surface area is 236 Å². The Hall–Kier alpha value is -3.17. The Morgan fingerprint density at radius 3 is 2.73 bits per heavy atom. The van der Waals surface area contributed by atoms with Gasteiger partial charge in [-0.25, -0.2) is 18.4 Å². The van der Waals surface area contributed by atoms with Gasteiger partial charge in [-0.05, 0) is 30.7 Å². The molecule has 3 aromatic rings. The molecular weight excluding hydrogens is 556 g/mol. The van der Waals surface area contributed by atoms with Crippen molar-refractivity contribution < 1.29 is 27.5 Å². The average Bonchev–Trinajstić information content (AvgIpc) is 3.63. The van der Waals surface area contributed by atoms with Crippen molar-refractivity contribution in [1.82, 2.24) is 15.3 Å². The molecule has 2 N–H and O–H groups in total. The molecule has 14 heteroatoms.